The highest BCUT2D eigenvalue weighted by molar-refractivity contribution is 5.94. The Kier molecular flexibility index (Phi) is 1.38. The Balaban J connectivity index is 2.16. The van der Waals surface area contributed by atoms with E-state index in [0.717, 1.165) is 6.42 Å². The Morgan fingerprint density at radius 1 is 1.58 bits per heavy atom. The van der Waals surface area contributed by atoms with Crippen LogP contribution in [0.15, 0.2) is 0 Å². The molecule has 0 saturated carbocycles. The van der Waals surface area contributed by atoms with E-state index in [9.17, 15) is 9.59 Å². The summed E-state index contributed by atoms with van der Waals surface area (Å²) < 4.78 is 0. The predicted octanol–water partition coefficient (Wildman–Crippen LogP) is -1.23. The van der Waals surface area contributed by atoms with Crippen LogP contribution in [-0.4, -0.2) is 40.0 Å². The van der Waals surface area contributed by atoms with Gasteiger partial charge in [0, 0.05) is 0 Å². The fourth-order valence-electron chi connectivity index (χ4n) is 2.00. The van der Waals surface area contributed by atoms with Crippen molar-refractivity contribution in [3.63, 3.8) is 0 Å². The maximum atomic E-state index is 11.1. The Morgan fingerprint density at radius 3 is 2.83 bits per heavy atom. The van der Waals surface area contributed by atoms with Crippen LogP contribution >= 0.6 is 0 Å². The molecule has 0 aliphatic carbocycles. The summed E-state index contributed by atoms with van der Waals surface area (Å²) >= 11 is 0. The molecule has 5 nitrogen and oxygen atoms in total. The van der Waals surface area contributed by atoms with Crippen LogP contribution in [0, 0.1) is 0 Å². The summed E-state index contributed by atoms with van der Waals surface area (Å²) in [5, 5.41) is 8.70. The molecule has 3 atom stereocenters. The number of hydrogen-bond acceptors (Lipinski definition) is 3. The fourth-order valence-corrected chi connectivity index (χ4v) is 2.00. The first-order valence-corrected chi connectivity index (χ1v) is 3.93. The van der Waals surface area contributed by atoms with E-state index in [1.54, 1.807) is 0 Å². The smallest absolute Gasteiger partial charge is 0.326 e. The number of rotatable bonds is 1. The minimum atomic E-state index is -0.919. The SMILES string of the molecule is NC1C(=O)N2C(C(=O)O)CCC12. The molecule has 0 aromatic heterocycles. The molecule has 2 fully saturated rings. The number of nitrogens with two attached hydrogens (primary N) is 1. The zero-order valence-electron chi connectivity index (χ0n) is 6.43. The lowest BCUT2D eigenvalue weighted by Crippen LogP contribution is -2.68. The third-order valence-corrected chi connectivity index (χ3v) is 2.67. The maximum absolute atomic E-state index is 11.1. The van der Waals surface area contributed by atoms with Crippen LogP contribution in [0.5, 0.6) is 0 Å². The zero-order valence-corrected chi connectivity index (χ0v) is 6.43. The molecule has 0 aromatic rings. The summed E-state index contributed by atoms with van der Waals surface area (Å²) in [7, 11) is 0. The van der Waals surface area contributed by atoms with Gasteiger partial charge in [0.25, 0.3) is 0 Å². The van der Waals surface area contributed by atoms with Crippen molar-refractivity contribution in [3.05, 3.63) is 0 Å². The van der Waals surface area contributed by atoms with E-state index in [1.807, 2.05) is 0 Å². The number of aliphatic carboxylic acids is 1. The topological polar surface area (TPSA) is 83.6 Å². The van der Waals surface area contributed by atoms with E-state index >= 15 is 0 Å². The van der Waals surface area contributed by atoms with Gasteiger partial charge in [-0.1, -0.05) is 0 Å². The average molecular weight is 170 g/mol. The lowest BCUT2D eigenvalue weighted by Gasteiger charge is -2.42. The maximum Gasteiger partial charge on any atom is 0.326 e. The fraction of sp³-hybridized carbons (Fsp3) is 0.714. The second-order valence-electron chi connectivity index (χ2n) is 3.27. The summed E-state index contributed by atoms with van der Waals surface area (Å²) in [6, 6.07) is -1.09. The molecule has 3 unspecified atom stereocenters. The number of nitrogens with zero attached hydrogens (tertiary/aromatic N) is 1. The highest BCUT2D eigenvalue weighted by atomic mass is 16.4. The predicted molar refractivity (Wildman–Crippen MR) is 39.3 cm³/mol. The van der Waals surface area contributed by atoms with Gasteiger partial charge in [0.1, 0.15) is 12.1 Å². The molecular weight excluding hydrogens is 160 g/mol. The number of fused-ring (bicyclic) bond motifs is 1. The summed E-state index contributed by atoms with van der Waals surface area (Å²) in [6.07, 6.45) is 1.27. The van der Waals surface area contributed by atoms with E-state index in [-0.39, 0.29) is 11.9 Å². The Bertz CT molecular complexity index is 253. The normalized spacial score (nSPS) is 39.2. The van der Waals surface area contributed by atoms with Gasteiger partial charge in [-0.05, 0) is 12.8 Å². The van der Waals surface area contributed by atoms with Gasteiger partial charge >= 0.3 is 5.97 Å². The van der Waals surface area contributed by atoms with Gasteiger partial charge in [-0.25, -0.2) is 4.79 Å². The number of carbonyl (C=O) groups excluding carboxylic acids is 1. The highest BCUT2D eigenvalue weighted by Crippen LogP contribution is 2.34. The third kappa shape index (κ3) is 0.714. The highest BCUT2D eigenvalue weighted by Gasteiger charge is 2.54. The van der Waals surface area contributed by atoms with E-state index in [2.05, 4.69) is 0 Å². The van der Waals surface area contributed by atoms with Crippen molar-refractivity contribution < 1.29 is 14.7 Å². The molecule has 0 aromatic carbocycles. The molecule has 3 N–H and O–H groups in total. The standard InChI is InChI=1S/C7H10N2O3/c8-5-3-1-2-4(7(11)12)9(3)6(5)10/h3-5H,1-2,8H2,(H,11,12). The van der Waals surface area contributed by atoms with Crippen LogP contribution in [-0.2, 0) is 9.59 Å². The Morgan fingerprint density at radius 2 is 2.25 bits per heavy atom. The van der Waals surface area contributed by atoms with Gasteiger partial charge < -0.3 is 15.7 Å². The number of carboxylic acids is 1. The van der Waals surface area contributed by atoms with Gasteiger partial charge in [-0.15, -0.1) is 0 Å². The number of β-lactam (4-membered cyclic amide) rings is 1. The second-order valence-corrected chi connectivity index (χ2v) is 3.27. The van der Waals surface area contributed by atoms with Gasteiger partial charge in [0.15, 0.2) is 0 Å². The molecule has 12 heavy (non-hydrogen) atoms. The first kappa shape index (κ1) is 7.54. The summed E-state index contributed by atoms with van der Waals surface area (Å²) in [6.45, 7) is 0. The van der Waals surface area contributed by atoms with Crippen LogP contribution in [0.3, 0.4) is 0 Å². The van der Waals surface area contributed by atoms with Crippen molar-refractivity contribution in [1.82, 2.24) is 4.90 Å². The van der Waals surface area contributed by atoms with E-state index in [1.165, 1.54) is 4.90 Å². The molecule has 0 radical (unpaired) electrons. The number of carbonyl (C=O) groups is 2. The molecule has 2 aliphatic rings. The van der Waals surface area contributed by atoms with Crippen LogP contribution in [0.2, 0.25) is 0 Å². The largest absolute Gasteiger partial charge is 0.480 e. The molecular formula is C7H10N2O3. The molecule has 0 bridgehead atoms. The number of amides is 1. The molecule has 2 aliphatic heterocycles. The Hall–Kier alpha value is -1.10. The molecule has 2 rings (SSSR count). The van der Waals surface area contributed by atoms with Crippen molar-refractivity contribution in [2.75, 3.05) is 0 Å². The van der Waals surface area contributed by atoms with Crippen LogP contribution < -0.4 is 5.73 Å². The lowest BCUT2D eigenvalue weighted by atomic mass is 9.97. The van der Waals surface area contributed by atoms with Gasteiger partial charge in [-0.3, -0.25) is 4.79 Å². The monoisotopic (exact) mass is 170 g/mol. The molecule has 66 valence electrons. The van der Waals surface area contributed by atoms with Crippen molar-refractivity contribution in [3.8, 4) is 0 Å². The van der Waals surface area contributed by atoms with Crippen LogP contribution in [0.1, 0.15) is 12.8 Å². The zero-order chi connectivity index (χ0) is 8.88. The lowest BCUT2D eigenvalue weighted by molar-refractivity contribution is -0.158. The molecule has 2 heterocycles. The first-order valence-electron chi connectivity index (χ1n) is 3.93. The second kappa shape index (κ2) is 2.20. The van der Waals surface area contributed by atoms with Crippen molar-refractivity contribution in [2.45, 2.75) is 31.0 Å². The van der Waals surface area contributed by atoms with E-state index in [4.69, 9.17) is 10.8 Å². The summed E-state index contributed by atoms with van der Waals surface area (Å²) in [4.78, 5) is 23.1. The van der Waals surface area contributed by atoms with Crippen LogP contribution in [0.4, 0.5) is 0 Å². The van der Waals surface area contributed by atoms with Gasteiger partial charge in [0.2, 0.25) is 5.91 Å². The van der Waals surface area contributed by atoms with Crippen LogP contribution in [0.25, 0.3) is 0 Å². The third-order valence-electron chi connectivity index (χ3n) is 2.67. The first-order chi connectivity index (χ1) is 5.63. The molecule has 1 amide bonds. The summed E-state index contributed by atoms with van der Waals surface area (Å²) in [5.74, 6) is -1.14. The molecule has 0 spiro atoms. The molecule has 5 heteroatoms. The Labute approximate surface area is 69.1 Å². The summed E-state index contributed by atoms with van der Waals surface area (Å²) in [5.41, 5.74) is 5.49. The van der Waals surface area contributed by atoms with Crippen molar-refractivity contribution in [1.29, 1.82) is 0 Å². The average Bonchev–Trinajstić information content (AvgIpc) is 2.43. The van der Waals surface area contributed by atoms with Gasteiger partial charge in [-0.2, -0.15) is 0 Å². The number of carboxylic acid groups (broad SMARTS) is 1. The minimum Gasteiger partial charge on any atom is -0.480 e. The number of hydrogen-bond donors (Lipinski definition) is 2. The van der Waals surface area contributed by atoms with E-state index in [0.29, 0.717) is 6.42 Å². The minimum absolute atomic E-state index is 0.0152. The van der Waals surface area contributed by atoms with Crippen molar-refractivity contribution >= 4 is 11.9 Å². The van der Waals surface area contributed by atoms with E-state index < -0.39 is 18.1 Å². The molecule has 2 saturated heterocycles. The quantitative estimate of drug-likeness (QED) is 0.483. The van der Waals surface area contributed by atoms with Crippen molar-refractivity contribution in [2.24, 2.45) is 5.73 Å². The van der Waals surface area contributed by atoms with Gasteiger partial charge in [0.05, 0.1) is 6.04 Å².